The summed E-state index contributed by atoms with van der Waals surface area (Å²) in [4.78, 5) is 37.3. The lowest BCUT2D eigenvalue weighted by atomic mass is 10.0. The normalized spacial score (nSPS) is 14.7. The Bertz CT molecular complexity index is 810. The highest BCUT2D eigenvalue weighted by atomic mass is 35.5. The summed E-state index contributed by atoms with van der Waals surface area (Å²) in [6, 6.07) is 9.81. The molecule has 1 aliphatic rings. The van der Waals surface area contributed by atoms with Gasteiger partial charge in [-0.3, -0.25) is 14.5 Å². The summed E-state index contributed by atoms with van der Waals surface area (Å²) in [5.41, 5.74) is 0.738. The molecular weight excluding hydrogens is 353 g/mol. The van der Waals surface area contributed by atoms with Gasteiger partial charge < -0.3 is 9.90 Å². The summed E-state index contributed by atoms with van der Waals surface area (Å²) in [7, 11) is 0. The van der Waals surface area contributed by atoms with E-state index in [4.69, 9.17) is 23.2 Å². The number of halogens is 2. The topological polar surface area (TPSA) is 77.5 Å². The minimum absolute atomic E-state index is 0.0358. The third kappa shape index (κ3) is 2.77. The molecule has 1 atom stereocenters. The van der Waals surface area contributed by atoms with Crippen LogP contribution in [0.5, 0.6) is 0 Å². The highest BCUT2D eigenvalue weighted by Gasteiger charge is 2.41. The second kappa shape index (κ2) is 6.26. The van der Waals surface area contributed by atoms with Crippen LogP contribution in [-0.2, 0) is 11.2 Å². The SMILES string of the molecule is O=C([O-])[C@H](Cc1ccccc1)N1C(=O)c2cc(Cl)c(Cl)cc2C1=O. The van der Waals surface area contributed by atoms with Crippen molar-refractivity contribution in [1.29, 1.82) is 0 Å². The van der Waals surface area contributed by atoms with E-state index in [2.05, 4.69) is 0 Å². The van der Waals surface area contributed by atoms with Crippen LogP contribution in [-0.4, -0.2) is 28.7 Å². The first-order valence-corrected chi connectivity index (χ1v) is 7.77. The fourth-order valence-electron chi connectivity index (χ4n) is 2.65. The number of carbonyl (C=O) groups excluding carboxylic acids is 3. The van der Waals surface area contributed by atoms with Crippen LogP contribution in [0.4, 0.5) is 0 Å². The summed E-state index contributed by atoms with van der Waals surface area (Å²) in [6.07, 6.45) is -0.0455. The van der Waals surface area contributed by atoms with E-state index in [1.54, 1.807) is 30.3 Å². The Hall–Kier alpha value is -2.37. The number of amides is 2. The van der Waals surface area contributed by atoms with Crippen LogP contribution in [0, 0.1) is 0 Å². The lowest BCUT2D eigenvalue weighted by Gasteiger charge is -2.27. The molecule has 0 N–H and O–H groups in total. The highest BCUT2D eigenvalue weighted by molar-refractivity contribution is 6.43. The number of hydrogen-bond acceptors (Lipinski definition) is 4. The molecule has 0 radical (unpaired) electrons. The zero-order valence-electron chi connectivity index (χ0n) is 12.2. The van der Waals surface area contributed by atoms with Gasteiger partial charge in [-0.1, -0.05) is 53.5 Å². The van der Waals surface area contributed by atoms with Gasteiger partial charge in [-0.25, -0.2) is 0 Å². The number of rotatable bonds is 4. The molecule has 122 valence electrons. The fourth-order valence-corrected chi connectivity index (χ4v) is 2.98. The molecule has 0 fully saturated rings. The van der Waals surface area contributed by atoms with Gasteiger partial charge in [-0.15, -0.1) is 0 Å². The van der Waals surface area contributed by atoms with Crippen molar-refractivity contribution in [2.24, 2.45) is 0 Å². The van der Waals surface area contributed by atoms with Crippen molar-refractivity contribution in [3.05, 3.63) is 69.2 Å². The van der Waals surface area contributed by atoms with E-state index in [-0.39, 0.29) is 27.6 Å². The summed E-state index contributed by atoms with van der Waals surface area (Å²) in [6.45, 7) is 0. The van der Waals surface area contributed by atoms with Crippen LogP contribution in [0.2, 0.25) is 10.0 Å². The van der Waals surface area contributed by atoms with E-state index in [1.165, 1.54) is 12.1 Å². The van der Waals surface area contributed by atoms with Crippen molar-refractivity contribution in [2.45, 2.75) is 12.5 Å². The van der Waals surface area contributed by atoms with Crippen LogP contribution in [0.25, 0.3) is 0 Å². The predicted molar refractivity (Wildman–Crippen MR) is 85.9 cm³/mol. The number of carbonyl (C=O) groups is 3. The molecular formula is C17H10Cl2NO4-. The predicted octanol–water partition coefficient (Wildman–Crippen LogP) is 1.95. The number of carboxylic acids is 1. The molecule has 0 spiro atoms. The molecule has 2 amide bonds. The zero-order valence-corrected chi connectivity index (χ0v) is 13.7. The lowest BCUT2D eigenvalue weighted by Crippen LogP contribution is -2.51. The van der Waals surface area contributed by atoms with E-state index in [0.717, 1.165) is 0 Å². The maximum Gasteiger partial charge on any atom is 0.262 e. The molecule has 5 nitrogen and oxygen atoms in total. The first-order valence-electron chi connectivity index (χ1n) is 7.02. The monoisotopic (exact) mass is 362 g/mol. The Morgan fingerprint density at radius 2 is 1.50 bits per heavy atom. The number of nitrogens with zero attached hydrogens (tertiary/aromatic N) is 1. The van der Waals surface area contributed by atoms with Crippen LogP contribution in [0.1, 0.15) is 26.3 Å². The maximum atomic E-state index is 12.5. The van der Waals surface area contributed by atoms with Gasteiger partial charge in [0.15, 0.2) is 0 Å². The molecule has 0 aromatic heterocycles. The van der Waals surface area contributed by atoms with Gasteiger partial charge in [0.05, 0.1) is 33.2 Å². The Labute approximate surface area is 147 Å². The Balaban J connectivity index is 1.99. The molecule has 0 saturated heterocycles. The molecule has 2 aromatic carbocycles. The quantitative estimate of drug-likeness (QED) is 0.778. The lowest BCUT2D eigenvalue weighted by molar-refractivity contribution is -0.310. The second-order valence-electron chi connectivity index (χ2n) is 5.32. The largest absolute Gasteiger partial charge is 0.548 e. The number of fused-ring (bicyclic) bond motifs is 1. The first kappa shape index (κ1) is 16.5. The summed E-state index contributed by atoms with van der Waals surface area (Å²) in [5, 5.41) is 11.8. The fraction of sp³-hybridized carbons (Fsp3) is 0.118. The first-order chi connectivity index (χ1) is 11.4. The van der Waals surface area contributed by atoms with Crippen LogP contribution in [0.3, 0.4) is 0 Å². The minimum Gasteiger partial charge on any atom is -0.548 e. The van der Waals surface area contributed by atoms with E-state index in [1.807, 2.05) is 0 Å². The molecule has 1 aliphatic heterocycles. The summed E-state index contributed by atoms with van der Waals surface area (Å²) < 4.78 is 0. The van der Waals surface area contributed by atoms with Crippen LogP contribution in [0.15, 0.2) is 42.5 Å². The highest BCUT2D eigenvalue weighted by Crippen LogP contribution is 2.32. The molecule has 7 heteroatoms. The van der Waals surface area contributed by atoms with Gasteiger partial charge in [0.25, 0.3) is 11.8 Å². The molecule has 0 saturated carbocycles. The molecule has 0 aliphatic carbocycles. The van der Waals surface area contributed by atoms with Gasteiger partial charge >= 0.3 is 0 Å². The standard InChI is InChI=1S/C17H11Cl2NO4/c18-12-7-10-11(8-13(12)19)16(22)20(15(10)21)14(17(23)24)6-9-4-2-1-3-5-9/h1-5,7-8,14H,6H2,(H,23,24)/p-1/t14-/m0/s1. The van der Waals surface area contributed by atoms with Crippen molar-refractivity contribution >= 4 is 41.0 Å². The van der Waals surface area contributed by atoms with Gasteiger partial charge in [-0.2, -0.15) is 0 Å². The van der Waals surface area contributed by atoms with Crippen molar-refractivity contribution in [2.75, 3.05) is 0 Å². The van der Waals surface area contributed by atoms with Gasteiger partial charge in [-0.05, 0) is 24.1 Å². The van der Waals surface area contributed by atoms with Crippen LogP contribution >= 0.6 is 23.2 Å². The number of carboxylic acid groups (broad SMARTS) is 1. The second-order valence-corrected chi connectivity index (χ2v) is 6.13. The Morgan fingerprint density at radius 1 is 1.00 bits per heavy atom. The minimum atomic E-state index is -1.51. The summed E-state index contributed by atoms with van der Waals surface area (Å²) in [5.74, 6) is -2.96. The third-order valence-electron chi connectivity index (χ3n) is 3.81. The van der Waals surface area contributed by atoms with E-state index in [9.17, 15) is 19.5 Å². The number of hydrogen-bond donors (Lipinski definition) is 0. The number of aliphatic carboxylic acids is 1. The third-order valence-corrected chi connectivity index (χ3v) is 4.54. The smallest absolute Gasteiger partial charge is 0.262 e. The molecule has 2 aromatic rings. The average molecular weight is 363 g/mol. The van der Waals surface area contributed by atoms with Crippen molar-refractivity contribution in [3.8, 4) is 0 Å². The van der Waals surface area contributed by atoms with Crippen molar-refractivity contribution in [3.63, 3.8) is 0 Å². The van der Waals surface area contributed by atoms with Crippen LogP contribution < -0.4 is 5.11 Å². The van der Waals surface area contributed by atoms with E-state index < -0.39 is 23.8 Å². The number of imide groups is 1. The number of benzene rings is 2. The van der Waals surface area contributed by atoms with E-state index in [0.29, 0.717) is 10.5 Å². The summed E-state index contributed by atoms with van der Waals surface area (Å²) >= 11 is 11.8. The Morgan fingerprint density at radius 3 is 1.96 bits per heavy atom. The van der Waals surface area contributed by atoms with Crippen molar-refractivity contribution in [1.82, 2.24) is 4.90 Å². The average Bonchev–Trinajstić information content (AvgIpc) is 2.78. The van der Waals surface area contributed by atoms with E-state index >= 15 is 0 Å². The van der Waals surface area contributed by atoms with Gasteiger partial charge in [0.2, 0.25) is 0 Å². The van der Waals surface area contributed by atoms with Gasteiger partial charge in [0, 0.05) is 0 Å². The van der Waals surface area contributed by atoms with Gasteiger partial charge in [0.1, 0.15) is 0 Å². The van der Waals surface area contributed by atoms with Crippen molar-refractivity contribution < 1.29 is 19.5 Å². The molecule has 1 heterocycles. The molecule has 0 bridgehead atoms. The zero-order chi connectivity index (χ0) is 17.4. The molecule has 24 heavy (non-hydrogen) atoms. The molecule has 0 unspecified atom stereocenters. The Kier molecular flexibility index (Phi) is 4.30. The molecule has 3 rings (SSSR count). The maximum absolute atomic E-state index is 12.5.